The monoisotopic (exact) mass is 303 g/mol. The van der Waals surface area contributed by atoms with Crippen LogP contribution in [-0.4, -0.2) is 29.1 Å². The highest BCUT2D eigenvalue weighted by Gasteiger charge is 2.24. The highest BCUT2D eigenvalue weighted by Crippen LogP contribution is 2.33. The number of carbonyl (C=O) groups excluding carboxylic acids is 1. The molecule has 2 aromatic rings. The summed E-state index contributed by atoms with van der Waals surface area (Å²) in [6, 6.07) is 3.15. The van der Waals surface area contributed by atoms with Gasteiger partial charge in [0.1, 0.15) is 11.9 Å². The van der Waals surface area contributed by atoms with Gasteiger partial charge < -0.3 is 10.3 Å². The van der Waals surface area contributed by atoms with Gasteiger partial charge in [0.2, 0.25) is 0 Å². The van der Waals surface area contributed by atoms with E-state index >= 15 is 0 Å². The molecule has 1 aliphatic carbocycles. The van der Waals surface area contributed by atoms with Crippen LogP contribution in [0.2, 0.25) is 0 Å². The summed E-state index contributed by atoms with van der Waals surface area (Å²) in [5.41, 5.74) is 1.17. The summed E-state index contributed by atoms with van der Waals surface area (Å²) in [4.78, 5) is 31.5. The highest BCUT2D eigenvalue weighted by atomic mass is 19.1. The average molecular weight is 303 g/mol. The number of aromatic amines is 1. The first kappa shape index (κ1) is 14.7. The van der Waals surface area contributed by atoms with E-state index in [1.54, 1.807) is 6.07 Å². The first-order valence-corrected chi connectivity index (χ1v) is 7.48. The number of hydrogen-bond acceptors (Lipinski definition) is 3. The molecule has 6 heteroatoms. The second-order valence-electron chi connectivity index (χ2n) is 5.71. The van der Waals surface area contributed by atoms with Crippen molar-refractivity contribution in [3.05, 3.63) is 39.9 Å². The largest absolute Gasteiger partial charge is 0.358 e. The minimum absolute atomic E-state index is 0.0254. The van der Waals surface area contributed by atoms with Crippen LogP contribution < -0.4 is 10.7 Å². The Morgan fingerprint density at radius 2 is 2.27 bits per heavy atom. The van der Waals surface area contributed by atoms with Crippen LogP contribution in [0.25, 0.3) is 10.9 Å². The molecule has 0 saturated heterocycles. The molecular weight excluding hydrogens is 285 g/mol. The maximum atomic E-state index is 13.6. The van der Waals surface area contributed by atoms with Gasteiger partial charge in [-0.05, 0) is 31.7 Å². The molecule has 1 saturated carbocycles. The minimum Gasteiger partial charge on any atom is -0.358 e. The molecule has 1 fully saturated rings. The number of pyridine rings is 2. The smallest absolute Gasteiger partial charge is 0.270 e. The number of H-pyrrole nitrogens is 1. The lowest BCUT2D eigenvalue weighted by atomic mass is 9.85. The summed E-state index contributed by atoms with van der Waals surface area (Å²) in [7, 11) is 1.49. The van der Waals surface area contributed by atoms with E-state index < -0.39 is 12.1 Å². The van der Waals surface area contributed by atoms with Gasteiger partial charge in [-0.1, -0.05) is 0 Å². The van der Waals surface area contributed by atoms with Crippen LogP contribution >= 0.6 is 0 Å². The SMILES string of the molecule is CNC(=O)c1nccc2[nH]c(C3CCC[C@@H](F)C3)cc(=O)c12. The Morgan fingerprint density at radius 3 is 3.00 bits per heavy atom. The Morgan fingerprint density at radius 1 is 1.45 bits per heavy atom. The maximum absolute atomic E-state index is 13.6. The summed E-state index contributed by atoms with van der Waals surface area (Å²) in [5.74, 6) is -0.372. The number of nitrogens with one attached hydrogen (secondary N) is 2. The molecule has 2 heterocycles. The second-order valence-corrected chi connectivity index (χ2v) is 5.71. The third-order valence-corrected chi connectivity index (χ3v) is 4.26. The molecule has 0 aliphatic heterocycles. The Hall–Kier alpha value is -2.24. The molecule has 1 unspecified atom stereocenters. The van der Waals surface area contributed by atoms with Crippen LogP contribution in [-0.2, 0) is 0 Å². The lowest BCUT2D eigenvalue weighted by Crippen LogP contribution is -2.23. The first-order valence-electron chi connectivity index (χ1n) is 7.48. The number of fused-ring (bicyclic) bond motifs is 1. The standard InChI is InChI=1S/C16H18FN3O2/c1-18-16(22)15-14-11(5-6-19-15)20-12(8-13(14)21)9-3-2-4-10(17)7-9/h5-6,8-10H,2-4,7H2,1H3,(H,18,22)(H,20,21)/t9?,10-/m1/s1. The second kappa shape index (κ2) is 5.87. The summed E-state index contributed by atoms with van der Waals surface area (Å²) in [6.45, 7) is 0. The molecule has 22 heavy (non-hydrogen) atoms. The predicted molar refractivity (Wildman–Crippen MR) is 81.9 cm³/mol. The van der Waals surface area contributed by atoms with Crippen LogP contribution in [0, 0.1) is 0 Å². The van der Waals surface area contributed by atoms with Crippen molar-refractivity contribution in [3.63, 3.8) is 0 Å². The van der Waals surface area contributed by atoms with E-state index in [0.717, 1.165) is 18.5 Å². The molecule has 0 spiro atoms. The predicted octanol–water partition coefficient (Wildman–Crippen LogP) is 2.28. The average Bonchev–Trinajstić information content (AvgIpc) is 2.53. The molecule has 3 rings (SSSR count). The van der Waals surface area contributed by atoms with E-state index in [9.17, 15) is 14.0 Å². The van der Waals surface area contributed by atoms with Crippen molar-refractivity contribution in [1.82, 2.24) is 15.3 Å². The van der Waals surface area contributed by atoms with Gasteiger partial charge in [0.15, 0.2) is 5.43 Å². The lowest BCUT2D eigenvalue weighted by molar-refractivity contribution is 0.0960. The van der Waals surface area contributed by atoms with Crippen LogP contribution in [0.4, 0.5) is 4.39 Å². The number of aromatic nitrogens is 2. The summed E-state index contributed by atoms with van der Waals surface area (Å²) >= 11 is 0. The molecule has 1 amide bonds. The fourth-order valence-corrected chi connectivity index (χ4v) is 3.14. The van der Waals surface area contributed by atoms with E-state index in [2.05, 4.69) is 15.3 Å². The van der Waals surface area contributed by atoms with Gasteiger partial charge in [0.25, 0.3) is 5.91 Å². The zero-order valence-electron chi connectivity index (χ0n) is 12.4. The first-order chi connectivity index (χ1) is 10.6. The molecule has 0 aromatic carbocycles. The Kier molecular flexibility index (Phi) is 3.92. The molecule has 2 atom stereocenters. The van der Waals surface area contributed by atoms with Gasteiger partial charge in [-0.15, -0.1) is 0 Å². The van der Waals surface area contributed by atoms with Gasteiger partial charge in [0.05, 0.1) is 10.9 Å². The van der Waals surface area contributed by atoms with Crippen molar-refractivity contribution in [2.45, 2.75) is 37.8 Å². The van der Waals surface area contributed by atoms with E-state index in [1.807, 2.05) is 0 Å². The van der Waals surface area contributed by atoms with Gasteiger partial charge in [-0.2, -0.15) is 0 Å². The van der Waals surface area contributed by atoms with E-state index in [-0.39, 0.29) is 22.4 Å². The van der Waals surface area contributed by atoms with Crippen molar-refractivity contribution in [1.29, 1.82) is 0 Å². The number of nitrogens with zero attached hydrogens (tertiary/aromatic N) is 1. The van der Waals surface area contributed by atoms with Gasteiger partial charge in [-0.25, -0.2) is 4.39 Å². The minimum atomic E-state index is -0.809. The Labute approximate surface area is 127 Å². The Balaban J connectivity index is 2.10. The van der Waals surface area contributed by atoms with Crippen molar-refractivity contribution < 1.29 is 9.18 Å². The van der Waals surface area contributed by atoms with E-state index in [4.69, 9.17) is 0 Å². The number of alkyl halides is 1. The van der Waals surface area contributed by atoms with Crippen molar-refractivity contribution >= 4 is 16.8 Å². The van der Waals surface area contributed by atoms with Crippen molar-refractivity contribution in [2.24, 2.45) is 0 Å². The molecule has 0 radical (unpaired) electrons. The third kappa shape index (κ3) is 2.61. The zero-order valence-corrected chi connectivity index (χ0v) is 12.4. The number of rotatable bonds is 2. The fourth-order valence-electron chi connectivity index (χ4n) is 3.14. The lowest BCUT2D eigenvalue weighted by Gasteiger charge is -2.24. The van der Waals surface area contributed by atoms with Crippen LogP contribution in [0.5, 0.6) is 0 Å². The highest BCUT2D eigenvalue weighted by molar-refractivity contribution is 6.04. The molecular formula is C16H18FN3O2. The molecule has 1 aliphatic rings. The third-order valence-electron chi connectivity index (χ3n) is 4.26. The molecule has 2 aromatic heterocycles. The molecule has 5 nitrogen and oxygen atoms in total. The number of hydrogen-bond donors (Lipinski definition) is 2. The normalized spacial score (nSPS) is 21.7. The van der Waals surface area contributed by atoms with Crippen molar-refractivity contribution in [2.75, 3.05) is 7.05 Å². The quantitative estimate of drug-likeness (QED) is 0.893. The van der Waals surface area contributed by atoms with Crippen LogP contribution in [0.15, 0.2) is 23.1 Å². The van der Waals surface area contributed by atoms with Gasteiger partial charge in [-0.3, -0.25) is 14.6 Å². The summed E-state index contributed by atoms with van der Waals surface area (Å²) in [6.07, 6.45) is 3.41. The topological polar surface area (TPSA) is 74.8 Å². The van der Waals surface area contributed by atoms with E-state index in [1.165, 1.54) is 19.3 Å². The Bertz CT molecular complexity index is 772. The van der Waals surface area contributed by atoms with Crippen LogP contribution in [0.3, 0.4) is 0 Å². The molecule has 0 bridgehead atoms. The fraction of sp³-hybridized carbons (Fsp3) is 0.438. The number of halogens is 1. The van der Waals surface area contributed by atoms with Gasteiger partial charge >= 0.3 is 0 Å². The summed E-state index contributed by atoms with van der Waals surface area (Å²) in [5, 5.41) is 2.76. The molecule has 116 valence electrons. The zero-order chi connectivity index (χ0) is 15.7. The van der Waals surface area contributed by atoms with E-state index in [0.29, 0.717) is 18.4 Å². The maximum Gasteiger partial charge on any atom is 0.270 e. The van der Waals surface area contributed by atoms with Crippen molar-refractivity contribution in [3.8, 4) is 0 Å². The number of amides is 1. The summed E-state index contributed by atoms with van der Waals surface area (Å²) < 4.78 is 13.6. The van der Waals surface area contributed by atoms with Gasteiger partial charge in [0, 0.05) is 30.9 Å². The van der Waals surface area contributed by atoms with Crippen LogP contribution in [0.1, 0.15) is 47.8 Å². The number of carbonyl (C=O) groups is 1. The molecule has 2 N–H and O–H groups in total.